The van der Waals surface area contributed by atoms with E-state index in [1.54, 1.807) is 19.1 Å². The molecule has 1 rings (SSSR count). The number of carbonyl (C=O) groups is 2. The molecule has 2 N–H and O–H groups in total. The number of aryl methyl sites for hydroxylation is 1. The average molecular weight is 253 g/mol. The van der Waals surface area contributed by atoms with Gasteiger partial charge in [0.05, 0.1) is 11.6 Å². The fraction of sp³-hybridized carbons (Fsp3) is 0.385. The molecule has 0 aliphatic heterocycles. The summed E-state index contributed by atoms with van der Waals surface area (Å²) in [5.41, 5.74) is 0.496. The second kappa shape index (κ2) is 5.62. The summed E-state index contributed by atoms with van der Waals surface area (Å²) in [7, 11) is 0. The summed E-state index contributed by atoms with van der Waals surface area (Å²) in [6, 6.07) is 4.66. The molecule has 18 heavy (non-hydrogen) atoms. The molecule has 1 amide bonds. The number of anilines is 1. The van der Waals surface area contributed by atoms with Gasteiger partial charge in [0.1, 0.15) is 5.82 Å². The molecule has 0 aliphatic carbocycles. The third-order valence-electron chi connectivity index (χ3n) is 3.00. The lowest BCUT2D eigenvalue weighted by molar-refractivity contribution is -0.145. The Morgan fingerprint density at radius 1 is 1.28 bits per heavy atom. The zero-order valence-electron chi connectivity index (χ0n) is 10.5. The molecule has 1 aromatic carbocycles. The normalized spacial score (nSPS) is 13.8. The van der Waals surface area contributed by atoms with E-state index in [0.29, 0.717) is 5.56 Å². The molecule has 98 valence electrons. The maximum absolute atomic E-state index is 13.7. The van der Waals surface area contributed by atoms with Gasteiger partial charge in [-0.3, -0.25) is 9.59 Å². The summed E-state index contributed by atoms with van der Waals surface area (Å²) >= 11 is 0. The Bertz CT molecular complexity index is 473. The predicted octanol–water partition coefficient (Wildman–Crippen LogP) is 2.43. The Morgan fingerprint density at radius 2 is 1.89 bits per heavy atom. The van der Waals surface area contributed by atoms with Crippen LogP contribution in [-0.2, 0) is 9.59 Å². The van der Waals surface area contributed by atoms with Gasteiger partial charge < -0.3 is 10.4 Å². The van der Waals surface area contributed by atoms with Crippen molar-refractivity contribution in [3.05, 3.63) is 29.6 Å². The molecule has 0 heterocycles. The van der Waals surface area contributed by atoms with Crippen LogP contribution in [-0.4, -0.2) is 17.0 Å². The first kappa shape index (κ1) is 14.2. The van der Waals surface area contributed by atoms with Crippen LogP contribution in [0.4, 0.5) is 10.1 Å². The molecule has 0 spiro atoms. The second-order valence-electron chi connectivity index (χ2n) is 4.34. The first-order valence-electron chi connectivity index (χ1n) is 5.63. The summed E-state index contributed by atoms with van der Waals surface area (Å²) in [6.45, 7) is 4.54. The van der Waals surface area contributed by atoms with Gasteiger partial charge in [0.25, 0.3) is 0 Å². The number of aliphatic carboxylic acids is 1. The van der Waals surface area contributed by atoms with Crippen LogP contribution in [0.15, 0.2) is 18.2 Å². The maximum atomic E-state index is 13.7. The molecule has 2 unspecified atom stereocenters. The van der Waals surface area contributed by atoms with Gasteiger partial charge in [-0.15, -0.1) is 0 Å². The number of carboxylic acids is 1. The minimum atomic E-state index is -1.05. The molecular formula is C13H16FNO3. The van der Waals surface area contributed by atoms with E-state index in [1.165, 1.54) is 19.9 Å². The lowest BCUT2D eigenvalue weighted by Gasteiger charge is -2.16. The van der Waals surface area contributed by atoms with Gasteiger partial charge in [-0.05, 0) is 18.6 Å². The van der Waals surface area contributed by atoms with Crippen LogP contribution >= 0.6 is 0 Å². The zero-order valence-corrected chi connectivity index (χ0v) is 10.5. The standard InChI is InChI=1S/C13H16FNO3/c1-7-5-4-6-10(11(7)14)15-12(16)8(2)9(3)13(17)18/h4-6,8-9H,1-3H3,(H,15,16)(H,17,18). The van der Waals surface area contributed by atoms with Crippen LogP contribution in [0, 0.1) is 24.6 Å². The van der Waals surface area contributed by atoms with Gasteiger partial charge in [0, 0.05) is 5.92 Å². The molecule has 1 aromatic rings. The fourth-order valence-corrected chi connectivity index (χ4v) is 1.43. The molecule has 0 bridgehead atoms. The Kier molecular flexibility index (Phi) is 4.42. The lowest BCUT2D eigenvalue weighted by Crippen LogP contribution is -2.30. The summed E-state index contributed by atoms with van der Waals surface area (Å²) in [5.74, 6) is -3.61. The van der Waals surface area contributed by atoms with Crippen molar-refractivity contribution in [1.29, 1.82) is 0 Å². The molecule has 0 radical (unpaired) electrons. The molecule has 0 aliphatic rings. The van der Waals surface area contributed by atoms with Gasteiger partial charge in [0.15, 0.2) is 0 Å². The number of benzene rings is 1. The van der Waals surface area contributed by atoms with Crippen LogP contribution in [0.3, 0.4) is 0 Å². The molecule has 2 atom stereocenters. The van der Waals surface area contributed by atoms with Gasteiger partial charge >= 0.3 is 5.97 Å². The third-order valence-corrected chi connectivity index (χ3v) is 3.00. The SMILES string of the molecule is Cc1cccc(NC(=O)C(C)C(C)C(=O)O)c1F. The van der Waals surface area contributed by atoms with Gasteiger partial charge in [-0.25, -0.2) is 4.39 Å². The minimum Gasteiger partial charge on any atom is -0.481 e. The number of rotatable bonds is 4. The van der Waals surface area contributed by atoms with Gasteiger partial charge in [0.2, 0.25) is 5.91 Å². The number of hydrogen-bond donors (Lipinski definition) is 2. The highest BCUT2D eigenvalue weighted by Gasteiger charge is 2.26. The van der Waals surface area contributed by atoms with Crippen LogP contribution in [0.25, 0.3) is 0 Å². The summed E-state index contributed by atoms with van der Waals surface area (Å²) < 4.78 is 13.7. The summed E-state index contributed by atoms with van der Waals surface area (Å²) in [4.78, 5) is 22.5. The van der Waals surface area contributed by atoms with Crippen molar-refractivity contribution in [3.63, 3.8) is 0 Å². The Hall–Kier alpha value is -1.91. The lowest BCUT2D eigenvalue weighted by atomic mass is 9.95. The third kappa shape index (κ3) is 3.06. The van der Waals surface area contributed by atoms with E-state index in [2.05, 4.69) is 5.32 Å². The Labute approximate surface area is 105 Å². The van der Waals surface area contributed by atoms with E-state index in [1.807, 2.05) is 0 Å². The molecule has 4 nitrogen and oxygen atoms in total. The maximum Gasteiger partial charge on any atom is 0.307 e. The zero-order chi connectivity index (χ0) is 13.9. The number of halogens is 1. The fourth-order valence-electron chi connectivity index (χ4n) is 1.43. The molecule has 0 fully saturated rings. The van der Waals surface area contributed by atoms with Crippen molar-refractivity contribution in [2.45, 2.75) is 20.8 Å². The van der Waals surface area contributed by atoms with Crippen molar-refractivity contribution in [1.82, 2.24) is 0 Å². The quantitative estimate of drug-likeness (QED) is 0.866. The van der Waals surface area contributed by atoms with Crippen LogP contribution in [0.5, 0.6) is 0 Å². The molecule has 0 saturated carbocycles. The van der Waals surface area contributed by atoms with E-state index >= 15 is 0 Å². The highest BCUT2D eigenvalue weighted by molar-refractivity contribution is 5.94. The first-order chi connectivity index (χ1) is 8.34. The number of amides is 1. The van der Waals surface area contributed by atoms with Gasteiger partial charge in [-0.1, -0.05) is 26.0 Å². The molecule has 0 saturated heterocycles. The van der Waals surface area contributed by atoms with Crippen molar-refractivity contribution < 1.29 is 19.1 Å². The topological polar surface area (TPSA) is 66.4 Å². The number of carbonyl (C=O) groups excluding carboxylic acids is 1. The largest absolute Gasteiger partial charge is 0.481 e. The van der Waals surface area contributed by atoms with Crippen molar-refractivity contribution in [3.8, 4) is 0 Å². The molecular weight excluding hydrogens is 237 g/mol. The van der Waals surface area contributed by atoms with E-state index in [4.69, 9.17) is 5.11 Å². The highest BCUT2D eigenvalue weighted by Crippen LogP contribution is 2.19. The molecule has 5 heteroatoms. The second-order valence-corrected chi connectivity index (χ2v) is 4.34. The Balaban J connectivity index is 2.82. The highest BCUT2D eigenvalue weighted by atomic mass is 19.1. The van der Waals surface area contributed by atoms with Crippen molar-refractivity contribution in [2.75, 3.05) is 5.32 Å². The van der Waals surface area contributed by atoms with Crippen LogP contribution < -0.4 is 5.32 Å². The monoisotopic (exact) mass is 253 g/mol. The van der Waals surface area contributed by atoms with Crippen LogP contribution in [0.1, 0.15) is 19.4 Å². The molecule has 0 aromatic heterocycles. The minimum absolute atomic E-state index is 0.0736. The smallest absolute Gasteiger partial charge is 0.307 e. The van der Waals surface area contributed by atoms with Gasteiger partial charge in [-0.2, -0.15) is 0 Å². The van der Waals surface area contributed by atoms with E-state index in [9.17, 15) is 14.0 Å². The summed E-state index contributed by atoms with van der Waals surface area (Å²) in [5, 5.41) is 11.2. The van der Waals surface area contributed by atoms with Crippen LogP contribution in [0.2, 0.25) is 0 Å². The van der Waals surface area contributed by atoms with E-state index in [-0.39, 0.29) is 5.69 Å². The average Bonchev–Trinajstić information content (AvgIpc) is 2.32. The number of hydrogen-bond acceptors (Lipinski definition) is 2. The van der Waals surface area contributed by atoms with E-state index < -0.39 is 29.5 Å². The van der Waals surface area contributed by atoms with Crippen molar-refractivity contribution in [2.24, 2.45) is 11.8 Å². The number of nitrogens with one attached hydrogen (secondary N) is 1. The van der Waals surface area contributed by atoms with Crippen molar-refractivity contribution >= 4 is 17.6 Å². The van der Waals surface area contributed by atoms with E-state index in [0.717, 1.165) is 0 Å². The summed E-state index contributed by atoms with van der Waals surface area (Å²) in [6.07, 6.45) is 0. The Morgan fingerprint density at radius 3 is 2.44 bits per heavy atom. The first-order valence-corrected chi connectivity index (χ1v) is 5.63. The predicted molar refractivity (Wildman–Crippen MR) is 65.7 cm³/mol. The number of carboxylic acid groups (broad SMARTS) is 1.